The minimum Gasteiger partial charge on any atom is -0.494 e. The third-order valence-corrected chi connectivity index (χ3v) is 7.86. The number of nitrogens with zero attached hydrogens (tertiary/aromatic N) is 7. The molecule has 294 valence electrons. The molecule has 0 saturated heterocycles. The summed E-state index contributed by atoms with van der Waals surface area (Å²) in [4.78, 5) is 49.0. The number of benzene rings is 2. The summed E-state index contributed by atoms with van der Waals surface area (Å²) in [5, 5.41) is 19.2. The quantitative estimate of drug-likeness (QED) is 0.117. The van der Waals surface area contributed by atoms with Gasteiger partial charge < -0.3 is 44.1 Å². The molecule has 2 N–H and O–H groups in total. The zero-order valence-electron chi connectivity index (χ0n) is 33.5. The van der Waals surface area contributed by atoms with Crippen molar-refractivity contribution in [1.29, 1.82) is 0 Å². The molecule has 0 bridgehead atoms. The number of fused-ring (bicyclic) bond motifs is 1. The number of nitro benzene ring substituents is 1. The second kappa shape index (κ2) is 18.4. The lowest BCUT2D eigenvalue weighted by atomic mass is 10.1. The SMILES string of the molecule is CNCCN(C)C(=O)OC(C)(C)C.COc1cc(N(C)CCN(C)C(=O)OC(C)(C)C)c([N+](=O)[O-])cc1Nc1nccc(-c2cn(C)c3ccccc23)n1. The molecule has 0 aliphatic carbocycles. The fraction of sp³-hybridized carbons (Fsp3) is 0.474. The average Bonchev–Trinajstić information content (AvgIpc) is 3.44. The van der Waals surface area contributed by atoms with Crippen LogP contribution in [0.25, 0.3) is 22.2 Å². The first-order valence-electron chi connectivity index (χ1n) is 17.5. The Bertz CT molecular complexity index is 1900. The van der Waals surface area contributed by atoms with E-state index in [-0.39, 0.29) is 17.7 Å². The van der Waals surface area contributed by atoms with E-state index in [9.17, 15) is 19.7 Å². The standard InChI is InChI=1S/C29H35N7O5.C9H20N2O2/c1-29(2,3)41-28(37)34(5)15-14-33(4)24-17-26(40-7)22(16-25(24)36(38)39)32-27-30-13-12-21(31-27)20-18-35(6)23-11-9-8-10-19(20)23;1-9(2,3)13-8(12)11(5)7-6-10-4/h8-13,16-18H,14-15H2,1-7H3,(H,30,31,32);10H,6-7H2,1-5H3. The van der Waals surface area contributed by atoms with Crippen molar-refractivity contribution < 1.29 is 28.7 Å². The van der Waals surface area contributed by atoms with Gasteiger partial charge in [-0.25, -0.2) is 19.6 Å². The van der Waals surface area contributed by atoms with E-state index in [4.69, 9.17) is 14.2 Å². The van der Waals surface area contributed by atoms with E-state index in [0.29, 0.717) is 42.5 Å². The Morgan fingerprint density at radius 2 is 1.54 bits per heavy atom. The van der Waals surface area contributed by atoms with Gasteiger partial charge in [-0.1, -0.05) is 18.2 Å². The van der Waals surface area contributed by atoms with Crippen molar-refractivity contribution in [3.8, 4) is 17.0 Å². The van der Waals surface area contributed by atoms with Crippen LogP contribution in [0.15, 0.2) is 54.9 Å². The summed E-state index contributed by atoms with van der Waals surface area (Å²) >= 11 is 0. The first-order valence-corrected chi connectivity index (χ1v) is 17.5. The highest BCUT2D eigenvalue weighted by Crippen LogP contribution is 2.39. The largest absolute Gasteiger partial charge is 0.494 e. The van der Waals surface area contributed by atoms with Crippen molar-refractivity contribution in [2.45, 2.75) is 52.7 Å². The lowest BCUT2D eigenvalue weighted by molar-refractivity contribution is -0.384. The Hall–Kier alpha value is -5.64. The van der Waals surface area contributed by atoms with Gasteiger partial charge in [-0.15, -0.1) is 0 Å². The highest BCUT2D eigenvalue weighted by Gasteiger charge is 2.25. The van der Waals surface area contributed by atoms with Crippen molar-refractivity contribution in [3.05, 3.63) is 65.0 Å². The maximum atomic E-state index is 12.3. The van der Waals surface area contributed by atoms with Gasteiger partial charge in [0.25, 0.3) is 5.69 Å². The first kappa shape index (κ1) is 42.8. The smallest absolute Gasteiger partial charge is 0.410 e. The van der Waals surface area contributed by atoms with E-state index in [1.807, 2.05) is 76.0 Å². The molecule has 0 aliphatic heterocycles. The Morgan fingerprint density at radius 3 is 2.11 bits per heavy atom. The molecule has 0 saturated carbocycles. The van der Waals surface area contributed by atoms with Gasteiger partial charge in [-0.2, -0.15) is 0 Å². The highest BCUT2D eigenvalue weighted by molar-refractivity contribution is 5.95. The number of likely N-dealkylation sites (N-methyl/N-ethyl adjacent to an activating group) is 4. The van der Waals surface area contributed by atoms with Gasteiger partial charge in [0.15, 0.2) is 0 Å². The van der Waals surface area contributed by atoms with Crippen LogP contribution in [0, 0.1) is 10.1 Å². The third-order valence-electron chi connectivity index (χ3n) is 7.86. The number of methoxy groups -OCH3 is 1. The summed E-state index contributed by atoms with van der Waals surface area (Å²) in [6, 6.07) is 12.8. The summed E-state index contributed by atoms with van der Waals surface area (Å²) in [5.41, 5.74) is 2.23. The minimum atomic E-state index is -0.621. The molecule has 4 aromatic rings. The van der Waals surface area contributed by atoms with E-state index in [2.05, 4.69) is 20.6 Å². The molecule has 0 aliphatic rings. The molecular weight excluding hydrogens is 694 g/mol. The second-order valence-corrected chi connectivity index (χ2v) is 14.7. The molecule has 54 heavy (non-hydrogen) atoms. The predicted molar refractivity (Wildman–Crippen MR) is 212 cm³/mol. The number of nitro groups is 1. The zero-order valence-corrected chi connectivity index (χ0v) is 33.5. The number of carbonyl (C=O) groups is 2. The fourth-order valence-electron chi connectivity index (χ4n) is 5.07. The van der Waals surface area contributed by atoms with E-state index >= 15 is 0 Å². The lowest BCUT2D eigenvalue weighted by Crippen LogP contribution is -2.38. The fourth-order valence-corrected chi connectivity index (χ4v) is 5.07. The molecule has 0 fully saturated rings. The molecule has 16 heteroatoms. The average molecular weight is 750 g/mol. The lowest BCUT2D eigenvalue weighted by Gasteiger charge is -2.27. The van der Waals surface area contributed by atoms with Gasteiger partial charge in [0.1, 0.15) is 22.6 Å². The number of anilines is 3. The van der Waals surface area contributed by atoms with E-state index in [0.717, 1.165) is 23.0 Å². The third kappa shape index (κ3) is 12.2. The number of amides is 2. The van der Waals surface area contributed by atoms with Crippen molar-refractivity contribution in [2.24, 2.45) is 7.05 Å². The minimum absolute atomic E-state index is 0.138. The van der Waals surface area contributed by atoms with Gasteiger partial charge in [-0.3, -0.25) is 10.1 Å². The van der Waals surface area contributed by atoms with Crippen LogP contribution in [-0.2, 0) is 16.5 Å². The normalized spacial score (nSPS) is 11.3. The van der Waals surface area contributed by atoms with Crippen LogP contribution in [0.2, 0.25) is 0 Å². The monoisotopic (exact) mass is 749 g/mol. The Kier molecular flexibility index (Phi) is 14.6. The predicted octanol–water partition coefficient (Wildman–Crippen LogP) is 6.67. The molecule has 16 nitrogen and oxygen atoms in total. The van der Waals surface area contributed by atoms with Gasteiger partial charge in [0.05, 0.1) is 23.4 Å². The van der Waals surface area contributed by atoms with Crippen LogP contribution in [0.3, 0.4) is 0 Å². The number of nitrogens with one attached hydrogen (secondary N) is 2. The van der Waals surface area contributed by atoms with Gasteiger partial charge in [0.2, 0.25) is 5.95 Å². The summed E-state index contributed by atoms with van der Waals surface area (Å²) in [6.45, 7) is 13.0. The zero-order chi connectivity index (χ0) is 40.4. The van der Waals surface area contributed by atoms with Crippen LogP contribution < -0.4 is 20.3 Å². The number of hydrogen-bond donors (Lipinski definition) is 2. The number of ether oxygens (including phenoxy) is 3. The first-order chi connectivity index (χ1) is 25.2. The maximum Gasteiger partial charge on any atom is 0.410 e. The van der Waals surface area contributed by atoms with Gasteiger partial charge >= 0.3 is 12.2 Å². The Balaban J connectivity index is 0.000000515. The number of rotatable bonds is 12. The summed E-state index contributed by atoms with van der Waals surface area (Å²) in [6.07, 6.45) is 2.90. The van der Waals surface area contributed by atoms with Crippen molar-refractivity contribution >= 4 is 46.1 Å². The van der Waals surface area contributed by atoms with Gasteiger partial charge in [-0.05, 0) is 60.7 Å². The Labute approximate surface area is 317 Å². The summed E-state index contributed by atoms with van der Waals surface area (Å²) in [5.74, 6) is 0.639. The number of aromatic nitrogens is 3. The van der Waals surface area contributed by atoms with Crippen LogP contribution in [0.4, 0.5) is 32.6 Å². The van der Waals surface area contributed by atoms with Crippen LogP contribution in [0.5, 0.6) is 5.75 Å². The summed E-state index contributed by atoms with van der Waals surface area (Å²) in [7, 11) is 10.4. The molecular formula is C38H55N9O7. The Morgan fingerprint density at radius 1 is 0.926 bits per heavy atom. The maximum absolute atomic E-state index is 12.3. The topological polar surface area (TPSA) is 169 Å². The molecule has 2 aromatic carbocycles. The van der Waals surface area contributed by atoms with E-state index in [1.165, 1.54) is 18.1 Å². The van der Waals surface area contributed by atoms with Crippen molar-refractivity contribution in [1.82, 2.24) is 29.7 Å². The molecule has 4 rings (SSSR count). The molecule has 2 heterocycles. The van der Waals surface area contributed by atoms with Crippen molar-refractivity contribution in [2.75, 3.05) is 71.7 Å². The van der Waals surface area contributed by atoms with E-state index < -0.39 is 22.2 Å². The summed E-state index contributed by atoms with van der Waals surface area (Å²) < 4.78 is 18.2. The molecule has 0 unspecified atom stereocenters. The highest BCUT2D eigenvalue weighted by atomic mass is 16.6. The van der Waals surface area contributed by atoms with Crippen LogP contribution >= 0.6 is 0 Å². The van der Waals surface area contributed by atoms with Crippen LogP contribution in [-0.4, -0.2) is 114 Å². The van der Waals surface area contributed by atoms with Gasteiger partial charge in [0, 0.05) is 95.4 Å². The van der Waals surface area contributed by atoms with E-state index in [1.54, 1.807) is 64.0 Å². The molecule has 0 radical (unpaired) electrons. The molecule has 2 aromatic heterocycles. The number of hydrogen-bond acceptors (Lipinski definition) is 12. The number of para-hydroxylation sites is 1. The number of carbonyl (C=O) groups excluding carboxylic acids is 2. The molecule has 2 amide bonds. The van der Waals surface area contributed by atoms with Crippen molar-refractivity contribution in [3.63, 3.8) is 0 Å². The molecule has 0 atom stereocenters. The number of aryl methyl sites for hydroxylation is 1. The molecule has 0 spiro atoms. The van der Waals surface area contributed by atoms with Crippen LogP contribution in [0.1, 0.15) is 41.5 Å². The second-order valence-electron chi connectivity index (χ2n) is 14.7.